The van der Waals surface area contributed by atoms with Crippen LogP contribution in [0.15, 0.2) is 11.6 Å². The van der Waals surface area contributed by atoms with Crippen LogP contribution in [0, 0.1) is 5.92 Å². The van der Waals surface area contributed by atoms with Crippen LogP contribution in [-0.2, 0) is 6.54 Å². The quantitative estimate of drug-likeness (QED) is 0.814. The molecule has 1 fully saturated rings. The van der Waals surface area contributed by atoms with E-state index in [4.69, 9.17) is 0 Å². The van der Waals surface area contributed by atoms with Crippen molar-refractivity contribution in [3.63, 3.8) is 0 Å². The molecule has 1 aromatic heterocycles. The van der Waals surface area contributed by atoms with Gasteiger partial charge in [-0.2, -0.15) is 0 Å². The highest BCUT2D eigenvalue weighted by Crippen LogP contribution is 2.15. The Morgan fingerprint density at radius 2 is 2.50 bits per heavy atom. The number of hydrogen-bond donors (Lipinski definition) is 1. The maximum absolute atomic E-state index is 4.26. The first-order valence-corrected chi connectivity index (χ1v) is 5.94. The highest BCUT2D eigenvalue weighted by molar-refractivity contribution is 7.09. The number of aromatic nitrogens is 1. The Morgan fingerprint density at radius 3 is 3.07 bits per heavy atom. The summed E-state index contributed by atoms with van der Waals surface area (Å²) in [4.78, 5) is 6.64. The van der Waals surface area contributed by atoms with Gasteiger partial charge in [0.2, 0.25) is 0 Å². The minimum absolute atomic E-state index is 0.629. The standard InChI is InChI=1S/C10H17N3S/c1-8-6-13(2)7-9(8)12-5-10-11-3-4-14-10/h3-4,8-9,12H,5-7H2,1-2H3. The number of nitrogens with one attached hydrogen (secondary N) is 1. The van der Waals surface area contributed by atoms with Crippen LogP contribution in [0.2, 0.25) is 0 Å². The molecule has 1 aromatic rings. The van der Waals surface area contributed by atoms with Gasteiger partial charge in [0.15, 0.2) is 0 Å². The number of likely N-dealkylation sites (N-methyl/N-ethyl adjacent to an activating group) is 1. The Balaban J connectivity index is 1.81. The van der Waals surface area contributed by atoms with E-state index in [-0.39, 0.29) is 0 Å². The number of nitrogens with zero attached hydrogens (tertiary/aromatic N) is 2. The highest BCUT2D eigenvalue weighted by Gasteiger charge is 2.26. The predicted molar refractivity (Wildman–Crippen MR) is 59.4 cm³/mol. The van der Waals surface area contributed by atoms with Crippen molar-refractivity contribution in [1.29, 1.82) is 0 Å². The Hall–Kier alpha value is -0.450. The maximum atomic E-state index is 4.26. The van der Waals surface area contributed by atoms with Gasteiger partial charge < -0.3 is 10.2 Å². The smallest absolute Gasteiger partial charge is 0.106 e. The molecule has 1 saturated heterocycles. The third-order valence-electron chi connectivity index (χ3n) is 2.79. The monoisotopic (exact) mass is 211 g/mol. The van der Waals surface area contributed by atoms with Gasteiger partial charge in [-0.25, -0.2) is 4.98 Å². The second-order valence-electron chi connectivity index (χ2n) is 4.11. The number of rotatable bonds is 3. The zero-order chi connectivity index (χ0) is 9.97. The van der Waals surface area contributed by atoms with Crippen molar-refractivity contribution in [2.75, 3.05) is 20.1 Å². The summed E-state index contributed by atoms with van der Waals surface area (Å²) in [6, 6.07) is 0.629. The molecule has 0 saturated carbocycles. The summed E-state index contributed by atoms with van der Waals surface area (Å²) in [5, 5.41) is 6.79. The maximum Gasteiger partial charge on any atom is 0.106 e. The Morgan fingerprint density at radius 1 is 1.64 bits per heavy atom. The van der Waals surface area contributed by atoms with Gasteiger partial charge >= 0.3 is 0 Å². The molecule has 1 N–H and O–H groups in total. The highest BCUT2D eigenvalue weighted by atomic mass is 32.1. The molecular weight excluding hydrogens is 194 g/mol. The summed E-state index contributed by atoms with van der Waals surface area (Å²) < 4.78 is 0. The minimum atomic E-state index is 0.629. The topological polar surface area (TPSA) is 28.2 Å². The molecule has 0 radical (unpaired) electrons. The van der Waals surface area contributed by atoms with Crippen LogP contribution >= 0.6 is 11.3 Å². The second kappa shape index (κ2) is 4.38. The predicted octanol–water partition coefficient (Wildman–Crippen LogP) is 1.18. The number of thiazole rings is 1. The number of likely N-dealkylation sites (tertiary alicyclic amines) is 1. The fourth-order valence-electron chi connectivity index (χ4n) is 2.03. The van der Waals surface area contributed by atoms with E-state index in [0.717, 1.165) is 19.0 Å². The fraction of sp³-hybridized carbons (Fsp3) is 0.700. The molecule has 0 bridgehead atoms. The van der Waals surface area contributed by atoms with E-state index in [1.165, 1.54) is 11.6 Å². The van der Waals surface area contributed by atoms with Crippen molar-refractivity contribution in [3.05, 3.63) is 16.6 Å². The van der Waals surface area contributed by atoms with Crippen LogP contribution < -0.4 is 5.32 Å². The molecule has 14 heavy (non-hydrogen) atoms. The first-order chi connectivity index (χ1) is 6.75. The third kappa shape index (κ3) is 2.32. The molecule has 4 heteroatoms. The SMILES string of the molecule is CC1CN(C)CC1NCc1nccs1. The Kier molecular flexibility index (Phi) is 3.15. The average Bonchev–Trinajstić information content (AvgIpc) is 2.72. The molecule has 2 unspecified atom stereocenters. The first-order valence-electron chi connectivity index (χ1n) is 5.06. The van der Waals surface area contributed by atoms with Crippen LogP contribution in [0.5, 0.6) is 0 Å². The van der Waals surface area contributed by atoms with Gasteiger partial charge in [-0.3, -0.25) is 0 Å². The van der Waals surface area contributed by atoms with Crippen molar-refractivity contribution >= 4 is 11.3 Å². The van der Waals surface area contributed by atoms with Crippen molar-refractivity contribution in [1.82, 2.24) is 15.2 Å². The van der Waals surface area contributed by atoms with E-state index < -0.39 is 0 Å². The van der Waals surface area contributed by atoms with Gasteiger partial charge in [0.25, 0.3) is 0 Å². The van der Waals surface area contributed by atoms with Crippen LogP contribution in [0.3, 0.4) is 0 Å². The molecule has 2 atom stereocenters. The van der Waals surface area contributed by atoms with Crippen molar-refractivity contribution in [3.8, 4) is 0 Å². The molecule has 1 aliphatic heterocycles. The lowest BCUT2D eigenvalue weighted by Crippen LogP contribution is -2.34. The lowest BCUT2D eigenvalue weighted by Gasteiger charge is -2.15. The second-order valence-corrected chi connectivity index (χ2v) is 5.09. The summed E-state index contributed by atoms with van der Waals surface area (Å²) in [6.07, 6.45) is 1.87. The van der Waals surface area contributed by atoms with Gasteiger partial charge in [-0.05, 0) is 13.0 Å². The van der Waals surface area contributed by atoms with Crippen LogP contribution in [0.25, 0.3) is 0 Å². The summed E-state index contributed by atoms with van der Waals surface area (Å²) in [5.41, 5.74) is 0. The zero-order valence-electron chi connectivity index (χ0n) is 8.73. The molecule has 0 spiro atoms. The first kappa shape index (κ1) is 10.1. The fourth-order valence-corrected chi connectivity index (χ4v) is 2.60. The Labute approximate surface area is 89.1 Å². The molecule has 0 amide bonds. The van der Waals surface area contributed by atoms with E-state index in [9.17, 15) is 0 Å². The molecule has 2 heterocycles. The zero-order valence-corrected chi connectivity index (χ0v) is 9.55. The summed E-state index contributed by atoms with van der Waals surface area (Å²) in [5.74, 6) is 0.750. The summed E-state index contributed by atoms with van der Waals surface area (Å²) in [7, 11) is 2.18. The van der Waals surface area contributed by atoms with Gasteiger partial charge in [0, 0.05) is 37.3 Å². The van der Waals surface area contributed by atoms with E-state index in [0.29, 0.717) is 6.04 Å². The van der Waals surface area contributed by atoms with Crippen LogP contribution in [-0.4, -0.2) is 36.1 Å². The van der Waals surface area contributed by atoms with Crippen molar-refractivity contribution in [2.24, 2.45) is 5.92 Å². The average molecular weight is 211 g/mol. The van der Waals surface area contributed by atoms with Crippen molar-refractivity contribution in [2.45, 2.75) is 19.5 Å². The van der Waals surface area contributed by atoms with Crippen LogP contribution in [0.4, 0.5) is 0 Å². The third-order valence-corrected chi connectivity index (χ3v) is 3.57. The normalized spacial score (nSPS) is 28.4. The lowest BCUT2D eigenvalue weighted by molar-refractivity contribution is 0.396. The van der Waals surface area contributed by atoms with E-state index in [1.54, 1.807) is 11.3 Å². The van der Waals surface area contributed by atoms with E-state index in [2.05, 4.69) is 29.2 Å². The molecule has 3 nitrogen and oxygen atoms in total. The molecular formula is C10H17N3S. The molecule has 0 aliphatic carbocycles. The number of hydrogen-bond acceptors (Lipinski definition) is 4. The van der Waals surface area contributed by atoms with Gasteiger partial charge in [0.1, 0.15) is 5.01 Å². The van der Waals surface area contributed by atoms with E-state index >= 15 is 0 Å². The molecule has 78 valence electrons. The molecule has 1 aliphatic rings. The van der Waals surface area contributed by atoms with Gasteiger partial charge in [-0.15, -0.1) is 11.3 Å². The van der Waals surface area contributed by atoms with Crippen LogP contribution in [0.1, 0.15) is 11.9 Å². The summed E-state index contributed by atoms with van der Waals surface area (Å²) in [6.45, 7) is 5.59. The van der Waals surface area contributed by atoms with Gasteiger partial charge in [-0.1, -0.05) is 6.92 Å². The largest absolute Gasteiger partial charge is 0.306 e. The summed E-state index contributed by atoms with van der Waals surface area (Å²) >= 11 is 1.72. The van der Waals surface area contributed by atoms with Gasteiger partial charge in [0.05, 0.1) is 0 Å². The molecule has 2 rings (SSSR count). The van der Waals surface area contributed by atoms with E-state index in [1.807, 2.05) is 11.6 Å². The minimum Gasteiger partial charge on any atom is -0.306 e. The Bertz CT molecular complexity index is 273. The molecule has 0 aromatic carbocycles. The van der Waals surface area contributed by atoms with Crippen molar-refractivity contribution < 1.29 is 0 Å². The lowest BCUT2D eigenvalue weighted by atomic mass is 10.1.